The maximum Gasteiger partial charge on any atom is 0.279 e. The van der Waals surface area contributed by atoms with Gasteiger partial charge in [-0.05, 0) is 37.3 Å². The number of nitrogens with one attached hydrogen (secondary N) is 2. The highest BCUT2D eigenvalue weighted by Crippen LogP contribution is 2.28. The van der Waals surface area contributed by atoms with Crippen LogP contribution in [0.25, 0.3) is 0 Å². The van der Waals surface area contributed by atoms with Crippen molar-refractivity contribution in [3.05, 3.63) is 58.1 Å². The lowest BCUT2D eigenvalue weighted by molar-refractivity contribution is -0.128. The van der Waals surface area contributed by atoms with Crippen LogP contribution in [0.15, 0.2) is 42.5 Å². The van der Waals surface area contributed by atoms with Gasteiger partial charge in [0.25, 0.3) is 11.8 Å². The number of amides is 2. The molecule has 0 aliphatic carbocycles. The van der Waals surface area contributed by atoms with Crippen molar-refractivity contribution in [3.8, 4) is 11.5 Å². The van der Waals surface area contributed by atoms with Crippen LogP contribution >= 0.6 is 23.2 Å². The molecule has 0 aromatic heterocycles. The minimum absolute atomic E-state index is 0.283. The van der Waals surface area contributed by atoms with E-state index in [9.17, 15) is 9.59 Å². The van der Waals surface area contributed by atoms with Crippen molar-refractivity contribution in [2.45, 2.75) is 13.0 Å². The first kappa shape index (κ1) is 18.9. The number of para-hydroxylation sites is 1. The van der Waals surface area contributed by atoms with Crippen LogP contribution in [0.2, 0.25) is 10.0 Å². The van der Waals surface area contributed by atoms with E-state index in [0.717, 1.165) is 0 Å². The predicted molar refractivity (Wildman–Crippen MR) is 95.2 cm³/mol. The lowest BCUT2D eigenvalue weighted by atomic mass is 10.2. The van der Waals surface area contributed by atoms with Crippen molar-refractivity contribution in [3.63, 3.8) is 0 Å². The van der Waals surface area contributed by atoms with Crippen LogP contribution in [0, 0.1) is 0 Å². The Morgan fingerprint density at radius 3 is 2.44 bits per heavy atom. The molecule has 2 amide bonds. The number of methoxy groups -OCH3 is 1. The number of benzene rings is 2. The molecule has 0 aliphatic heterocycles. The molecule has 0 saturated carbocycles. The Kier molecular flexibility index (Phi) is 6.50. The number of hydrogen-bond acceptors (Lipinski definition) is 4. The molecule has 0 saturated heterocycles. The largest absolute Gasteiger partial charge is 0.496 e. The number of carbonyl (C=O) groups is 2. The average molecular weight is 383 g/mol. The van der Waals surface area contributed by atoms with Crippen LogP contribution < -0.4 is 20.3 Å². The summed E-state index contributed by atoms with van der Waals surface area (Å²) in [4.78, 5) is 24.2. The Hall–Kier alpha value is -2.44. The average Bonchev–Trinajstić information content (AvgIpc) is 2.61. The van der Waals surface area contributed by atoms with Gasteiger partial charge in [0, 0.05) is 5.02 Å². The van der Waals surface area contributed by atoms with Gasteiger partial charge in [-0.2, -0.15) is 0 Å². The van der Waals surface area contributed by atoms with Crippen LogP contribution in [0.3, 0.4) is 0 Å². The lowest BCUT2D eigenvalue weighted by Gasteiger charge is -2.16. The van der Waals surface area contributed by atoms with E-state index in [-0.39, 0.29) is 5.02 Å². The predicted octanol–water partition coefficient (Wildman–Crippen LogP) is 3.23. The summed E-state index contributed by atoms with van der Waals surface area (Å²) in [6, 6.07) is 11.3. The van der Waals surface area contributed by atoms with Crippen LogP contribution in [-0.4, -0.2) is 25.0 Å². The molecule has 6 nitrogen and oxygen atoms in total. The van der Waals surface area contributed by atoms with Crippen LogP contribution in [0.1, 0.15) is 17.3 Å². The molecular weight excluding hydrogens is 367 g/mol. The summed E-state index contributed by atoms with van der Waals surface area (Å²) >= 11 is 11.8. The van der Waals surface area contributed by atoms with Gasteiger partial charge < -0.3 is 9.47 Å². The Morgan fingerprint density at radius 1 is 1.04 bits per heavy atom. The van der Waals surface area contributed by atoms with E-state index in [1.165, 1.54) is 20.1 Å². The van der Waals surface area contributed by atoms with Crippen molar-refractivity contribution in [2.24, 2.45) is 0 Å². The van der Waals surface area contributed by atoms with Crippen molar-refractivity contribution in [1.82, 2.24) is 10.9 Å². The van der Waals surface area contributed by atoms with Gasteiger partial charge in [-0.25, -0.2) is 0 Å². The molecule has 1 unspecified atom stereocenters. The smallest absolute Gasteiger partial charge is 0.279 e. The molecule has 0 spiro atoms. The molecule has 2 aromatic carbocycles. The molecule has 132 valence electrons. The summed E-state index contributed by atoms with van der Waals surface area (Å²) in [5.41, 5.74) is 4.90. The van der Waals surface area contributed by atoms with Crippen molar-refractivity contribution in [2.75, 3.05) is 7.11 Å². The molecule has 1 atom stereocenters. The Bertz CT molecular complexity index is 783. The fraction of sp³-hybridized carbons (Fsp3) is 0.176. The maximum atomic E-state index is 12.1. The summed E-state index contributed by atoms with van der Waals surface area (Å²) in [6.45, 7) is 1.52. The molecular formula is C17H16Cl2N2O4. The highest BCUT2D eigenvalue weighted by atomic mass is 35.5. The first-order valence-corrected chi connectivity index (χ1v) is 8.03. The van der Waals surface area contributed by atoms with Crippen molar-refractivity contribution in [1.29, 1.82) is 0 Å². The Balaban J connectivity index is 1.94. The standard InChI is InChI=1S/C17H16Cl2N2O4/c1-10(25-15-8-7-11(18)9-13(15)19)16(22)20-21-17(23)12-5-3-4-6-14(12)24-2/h3-10H,1-2H3,(H,20,22)(H,21,23). The van der Waals surface area contributed by atoms with Crippen molar-refractivity contribution < 1.29 is 19.1 Å². The number of rotatable bonds is 5. The highest BCUT2D eigenvalue weighted by molar-refractivity contribution is 6.35. The van der Waals surface area contributed by atoms with E-state index >= 15 is 0 Å². The summed E-state index contributed by atoms with van der Waals surface area (Å²) in [5.74, 6) is -0.354. The molecule has 0 fully saturated rings. The van der Waals surface area contributed by atoms with E-state index < -0.39 is 17.9 Å². The van der Waals surface area contributed by atoms with Gasteiger partial charge in [-0.15, -0.1) is 0 Å². The topological polar surface area (TPSA) is 76.7 Å². The summed E-state index contributed by atoms with van der Waals surface area (Å²) < 4.78 is 10.6. The monoisotopic (exact) mass is 382 g/mol. The number of ether oxygens (including phenoxy) is 2. The molecule has 0 heterocycles. The Labute approximate surface area is 155 Å². The molecule has 0 aliphatic rings. The first-order chi connectivity index (χ1) is 11.9. The number of carbonyl (C=O) groups excluding carboxylic acids is 2. The van der Waals surface area contributed by atoms with E-state index in [4.69, 9.17) is 32.7 Å². The maximum absolute atomic E-state index is 12.1. The van der Waals surface area contributed by atoms with Gasteiger partial charge in [0.15, 0.2) is 6.10 Å². The van der Waals surface area contributed by atoms with Gasteiger partial charge >= 0.3 is 0 Å². The van der Waals surface area contributed by atoms with Gasteiger partial charge in [-0.3, -0.25) is 20.4 Å². The van der Waals surface area contributed by atoms with Crippen LogP contribution in [0.5, 0.6) is 11.5 Å². The zero-order valence-electron chi connectivity index (χ0n) is 13.5. The second kappa shape index (κ2) is 8.60. The quantitative estimate of drug-likeness (QED) is 0.778. The minimum Gasteiger partial charge on any atom is -0.496 e. The molecule has 8 heteroatoms. The fourth-order valence-corrected chi connectivity index (χ4v) is 2.39. The lowest BCUT2D eigenvalue weighted by Crippen LogP contribution is -2.47. The minimum atomic E-state index is -0.892. The second-order valence-corrected chi connectivity index (χ2v) is 5.82. The van der Waals surface area contributed by atoms with E-state index in [1.807, 2.05) is 0 Å². The third kappa shape index (κ3) is 5.01. The molecule has 2 N–H and O–H groups in total. The van der Waals surface area contributed by atoms with Crippen molar-refractivity contribution >= 4 is 35.0 Å². The van der Waals surface area contributed by atoms with Gasteiger partial charge in [0.05, 0.1) is 17.7 Å². The number of halogens is 2. The SMILES string of the molecule is COc1ccccc1C(=O)NNC(=O)C(C)Oc1ccc(Cl)cc1Cl. The van der Waals surface area contributed by atoms with E-state index in [0.29, 0.717) is 22.1 Å². The summed E-state index contributed by atoms with van der Waals surface area (Å²) in [6.07, 6.45) is -0.892. The van der Waals surface area contributed by atoms with Crippen LogP contribution in [-0.2, 0) is 4.79 Å². The molecule has 25 heavy (non-hydrogen) atoms. The van der Waals surface area contributed by atoms with Gasteiger partial charge in [0.2, 0.25) is 0 Å². The zero-order valence-corrected chi connectivity index (χ0v) is 15.0. The highest BCUT2D eigenvalue weighted by Gasteiger charge is 2.18. The summed E-state index contributed by atoms with van der Waals surface area (Å²) in [7, 11) is 1.45. The first-order valence-electron chi connectivity index (χ1n) is 7.27. The van der Waals surface area contributed by atoms with E-state index in [1.54, 1.807) is 36.4 Å². The molecule has 2 rings (SSSR count). The van der Waals surface area contributed by atoms with E-state index in [2.05, 4.69) is 10.9 Å². The van der Waals surface area contributed by atoms with Crippen LogP contribution in [0.4, 0.5) is 0 Å². The third-order valence-electron chi connectivity index (χ3n) is 3.22. The van der Waals surface area contributed by atoms with Gasteiger partial charge in [-0.1, -0.05) is 35.3 Å². The molecule has 0 bridgehead atoms. The molecule has 0 radical (unpaired) electrons. The van der Waals surface area contributed by atoms with Gasteiger partial charge in [0.1, 0.15) is 11.5 Å². The number of hydrogen-bond donors (Lipinski definition) is 2. The normalized spacial score (nSPS) is 11.4. The third-order valence-corrected chi connectivity index (χ3v) is 3.75. The summed E-state index contributed by atoms with van der Waals surface area (Å²) in [5, 5.41) is 0.740. The Morgan fingerprint density at radius 2 is 1.76 bits per heavy atom. The zero-order chi connectivity index (χ0) is 18.4. The number of hydrazine groups is 1. The second-order valence-electron chi connectivity index (χ2n) is 4.98. The fourth-order valence-electron chi connectivity index (χ4n) is 1.93. The molecule has 2 aromatic rings.